The van der Waals surface area contributed by atoms with Crippen LogP contribution in [-0.2, 0) is 9.53 Å². The quantitative estimate of drug-likeness (QED) is 0.210. The Morgan fingerprint density at radius 3 is 2.53 bits per heavy atom. The summed E-state index contributed by atoms with van der Waals surface area (Å²) in [5.41, 5.74) is 6.90. The predicted molar refractivity (Wildman–Crippen MR) is 135 cm³/mol. The van der Waals surface area contributed by atoms with E-state index in [-0.39, 0.29) is 36.2 Å². The molecular weight excluding hydrogens is 464 g/mol. The molecule has 192 valence electrons. The first-order chi connectivity index (χ1) is 17.2. The number of benzene rings is 2. The first kappa shape index (κ1) is 26.5. The number of anilines is 1. The van der Waals surface area contributed by atoms with Gasteiger partial charge >= 0.3 is 12.1 Å². The number of amidine groups is 1. The van der Waals surface area contributed by atoms with Gasteiger partial charge in [-0.05, 0) is 37.1 Å². The highest BCUT2D eigenvalue weighted by Gasteiger charge is 2.33. The van der Waals surface area contributed by atoms with Gasteiger partial charge in [0.2, 0.25) is 0 Å². The molecule has 10 heteroatoms. The van der Waals surface area contributed by atoms with Crippen molar-refractivity contribution in [3.8, 4) is 11.5 Å². The molecule has 0 aliphatic carbocycles. The molecule has 3 rings (SSSR count). The fourth-order valence-electron chi connectivity index (χ4n) is 3.88. The van der Waals surface area contributed by atoms with Crippen molar-refractivity contribution in [1.29, 1.82) is 5.41 Å². The maximum atomic E-state index is 13.1. The summed E-state index contributed by atoms with van der Waals surface area (Å²) in [6, 6.07) is 11.5. The van der Waals surface area contributed by atoms with Gasteiger partial charge in [-0.2, -0.15) is 0 Å². The van der Waals surface area contributed by atoms with Crippen molar-refractivity contribution in [2.45, 2.75) is 39.7 Å². The number of cyclic esters (lactones) is 1. The molecule has 1 unspecified atom stereocenters. The third kappa shape index (κ3) is 6.53. The van der Waals surface area contributed by atoms with Gasteiger partial charge in [0.15, 0.2) is 6.10 Å². The Morgan fingerprint density at radius 1 is 1.17 bits per heavy atom. The molecule has 36 heavy (non-hydrogen) atoms. The van der Waals surface area contributed by atoms with Gasteiger partial charge in [0.25, 0.3) is 5.91 Å². The van der Waals surface area contributed by atoms with E-state index in [2.05, 4.69) is 0 Å². The molecule has 1 heterocycles. The standard InChI is InChI=1S/C26H32N4O6/c1-4-11-29(12-5-2)25(32)22-10-9-20(14-23(22)35-17(3)31)34-16-21-15-30(26(33)36-21)19-8-6-7-18(13-19)24(27)28/h6-10,13-14,21H,4-5,11-12,15-16H2,1-3H3,(H3,27,28). The smallest absolute Gasteiger partial charge is 0.414 e. The second-order valence-corrected chi connectivity index (χ2v) is 8.44. The van der Waals surface area contributed by atoms with Crippen molar-refractivity contribution < 1.29 is 28.6 Å². The van der Waals surface area contributed by atoms with Gasteiger partial charge in [-0.1, -0.05) is 26.0 Å². The van der Waals surface area contributed by atoms with Crippen LogP contribution < -0.4 is 20.1 Å². The Morgan fingerprint density at radius 2 is 1.89 bits per heavy atom. The second-order valence-electron chi connectivity index (χ2n) is 8.44. The maximum Gasteiger partial charge on any atom is 0.414 e. The van der Waals surface area contributed by atoms with Crippen LogP contribution in [0.25, 0.3) is 0 Å². The highest BCUT2D eigenvalue weighted by atomic mass is 16.6. The Kier molecular flexibility index (Phi) is 8.88. The van der Waals surface area contributed by atoms with Gasteiger partial charge in [0, 0.05) is 37.3 Å². The highest BCUT2D eigenvalue weighted by molar-refractivity contribution is 5.98. The fraction of sp³-hybridized carbons (Fsp3) is 0.385. The van der Waals surface area contributed by atoms with Crippen LogP contribution >= 0.6 is 0 Å². The summed E-state index contributed by atoms with van der Waals surface area (Å²) in [6.07, 6.45) is 0.539. The summed E-state index contributed by atoms with van der Waals surface area (Å²) in [4.78, 5) is 40.4. The first-order valence-electron chi connectivity index (χ1n) is 11.9. The summed E-state index contributed by atoms with van der Waals surface area (Å²) < 4.78 is 16.6. The van der Waals surface area contributed by atoms with Crippen molar-refractivity contribution in [2.75, 3.05) is 31.1 Å². The van der Waals surface area contributed by atoms with Gasteiger partial charge in [0.05, 0.1) is 12.1 Å². The molecule has 10 nitrogen and oxygen atoms in total. The Bertz CT molecular complexity index is 1130. The van der Waals surface area contributed by atoms with E-state index in [1.807, 2.05) is 13.8 Å². The van der Waals surface area contributed by atoms with E-state index in [0.29, 0.717) is 30.1 Å². The molecule has 1 saturated heterocycles. The lowest BCUT2D eigenvalue weighted by Gasteiger charge is -2.23. The number of carbonyl (C=O) groups is 3. The summed E-state index contributed by atoms with van der Waals surface area (Å²) in [7, 11) is 0. The van der Waals surface area contributed by atoms with Gasteiger partial charge in [-0.15, -0.1) is 0 Å². The minimum absolute atomic E-state index is 0.0548. The van der Waals surface area contributed by atoms with Crippen LogP contribution in [0.15, 0.2) is 42.5 Å². The highest BCUT2D eigenvalue weighted by Crippen LogP contribution is 2.28. The molecule has 0 spiro atoms. The molecule has 1 atom stereocenters. The molecule has 2 amide bonds. The fourth-order valence-corrected chi connectivity index (χ4v) is 3.88. The molecular formula is C26H32N4O6. The number of nitrogens with one attached hydrogen (secondary N) is 1. The summed E-state index contributed by atoms with van der Waals surface area (Å²) in [5.74, 6) is -0.370. The van der Waals surface area contributed by atoms with E-state index in [9.17, 15) is 14.4 Å². The van der Waals surface area contributed by atoms with E-state index in [1.165, 1.54) is 17.9 Å². The Labute approximate surface area is 210 Å². The number of amides is 2. The zero-order valence-electron chi connectivity index (χ0n) is 20.8. The van der Waals surface area contributed by atoms with Gasteiger partial charge in [-0.3, -0.25) is 19.9 Å². The third-order valence-corrected chi connectivity index (χ3v) is 5.49. The summed E-state index contributed by atoms with van der Waals surface area (Å²) in [5, 5.41) is 7.59. The molecule has 2 aromatic rings. The lowest BCUT2D eigenvalue weighted by molar-refractivity contribution is -0.131. The van der Waals surface area contributed by atoms with Crippen molar-refractivity contribution in [1.82, 2.24) is 4.90 Å². The monoisotopic (exact) mass is 496 g/mol. The van der Waals surface area contributed by atoms with Crippen molar-refractivity contribution in [3.05, 3.63) is 53.6 Å². The summed E-state index contributed by atoms with van der Waals surface area (Å²) in [6.45, 7) is 6.77. The Balaban J connectivity index is 1.71. The normalized spacial score (nSPS) is 14.8. The largest absolute Gasteiger partial charge is 0.490 e. The van der Waals surface area contributed by atoms with Crippen LogP contribution in [0.2, 0.25) is 0 Å². The number of nitrogens with two attached hydrogens (primary N) is 1. The van der Waals surface area contributed by atoms with Crippen molar-refractivity contribution in [3.63, 3.8) is 0 Å². The molecule has 1 aliphatic rings. The molecule has 0 saturated carbocycles. The zero-order chi connectivity index (χ0) is 26.2. The number of nitrogen functional groups attached to an aromatic ring is 1. The number of hydrogen-bond acceptors (Lipinski definition) is 7. The van der Waals surface area contributed by atoms with E-state index in [1.54, 1.807) is 41.3 Å². The molecule has 0 bridgehead atoms. The van der Waals surface area contributed by atoms with Crippen molar-refractivity contribution in [2.24, 2.45) is 5.73 Å². The van der Waals surface area contributed by atoms with Crippen molar-refractivity contribution >= 4 is 29.5 Å². The van der Waals surface area contributed by atoms with Crippen LogP contribution in [0.3, 0.4) is 0 Å². The van der Waals surface area contributed by atoms with Gasteiger partial charge in [-0.25, -0.2) is 4.79 Å². The molecule has 0 radical (unpaired) electrons. The molecule has 2 aromatic carbocycles. The topological polar surface area (TPSA) is 135 Å². The van der Waals surface area contributed by atoms with E-state index in [4.69, 9.17) is 25.4 Å². The van der Waals surface area contributed by atoms with E-state index >= 15 is 0 Å². The number of ether oxygens (including phenoxy) is 3. The van der Waals surface area contributed by atoms with Crippen LogP contribution in [0, 0.1) is 5.41 Å². The molecule has 3 N–H and O–H groups in total. The predicted octanol–water partition coefficient (Wildman–Crippen LogP) is 3.56. The number of esters is 1. The lowest BCUT2D eigenvalue weighted by Crippen LogP contribution is -2.33. The van der Waals surface area contributed by atoms with Crippen LogP contribution in [0.4, 0.5) is 10.5 Å². The Hall–Kier alpha value is -4.08. The minimum Gasteiger partial charge on any atom is -0.490 e. The maximum absolute atomic E-state index is 13.1. The van der Waals surface area contributed by atoms with Crippen LogP contribution in [-0.4, -0.2) is 61.1 Å². The number of rotatable bonds is 11. The van der Waals surface area contributed by atoms with E-state index in [0.717, 1.165) is 12.8 Å². The first-order valence-corrected chi connectivity index (χ1v) is 11.9. The van der Waals surface area contributed by atoms with Gasteiger partial charge < -0.3 is 24.8 Å². The number of carbonyl (C=O) groups excluding carboxylic acids is 3. The molecule has 1 fully saturated rings. The number of hydrogen-bond donors (Lipinski definition) is 2. The van der Waals surface area contributed by atoms with Crippen LogP contribution in [0.1, 0.15) is 49.5 Å². The molecule has 0 aromatic heterocycles. The third-order valence-electron chi connectivity index (χ3n) is 5.49. The lowest BCUT2D eigenvalue weighted by atomic mass is 10.1. The van der Waals surface area contributed by atoms with Gasteiger partial charge in [0.1, 0.15) is 23.9 Å². The van der Waals surface area contributed by atoms with E-state index < -0.39 is 18.2 Å². The average Bonchev–Trinajstić information content (AvgIpc) is 3.22. The SMILES string of the molecule is CCCN(CCC)C(=O)c1ccc(OCC2CN(c3cccc(C(=N)N)c3)C(=O)O2)cc1OC(C)=O. The minimum atomic E-state index is -0.554. The second kappa shape index (κ2) is 12.1. The zero-order valence-corrected chi connectivity index (χ0v) is 20.8. The van der Waals surface area contributed by atoms with Crippen LogP contribution in [0.5, 0.6) is 11.5 Å². The average molecular weight is 497 g/mol. The summed E-state index contributed by atoms with van der Waals surface area (Å²) >= 11 is 0. The number of nitrogens with zero attached hydrogens (tertiary/aromatic N) is 2. The molecule has 1 aliphatic heterocycles.